The summed E-state index contributed by atoms with van der Waals surface area (Å²) < 4.78 is 26.1. The Kier molecular flexibility index (Phi) is 6.14. The van der Waals surface area contributed by atoms with E-state index in [-0.39, 0.29) is 22.8 Å². The van der Waals surface area contributed by atoms with Gasteiger partial charge in [-0.1, -0.05) is 11.6 Å². The van der Waals surface area contributed by atoms with E-state index < -0.39 is 16.1 Å². The van der Waals surface area contributed by atoms with Gasteiger partial charge in [-0.25, -0.2) is 4.79 Å². The second-order valence-electron chi connectivity index (χ2n) is 2.84. The number of halogens is 1. The highest BCUT2D eigenvalue weighted by Crippen LogP contribution is 2.23. The Hall–Kier alpha value is -1.80. The van der Waals surface area contributed by atoms with Crippen LogP contribution in [0.2, 0.25) is 5.02 Å². The summed E-state index contributed by atoms with van der Waals surface area (Å²) in [4.78, 5) is 19.1. The molecule has 100 valence electrons. The topological polar surface area (TPSA) is 118 Å². The van der Waals surface area contributed by atoms with Crippen molar-refractivity contribution in [2.75, 3.05) is 6.26 Å². The first-order valence-corrected chi connectivity index (χ1v) is 6.41. The Morgan fingerprint density at radius 1 is 1.44 bits per heavy atom. The van der Waals surface area contributed by atoms with Gasteiger partial charge in [-0.05, 0) is 18.2 Å². The molecule has 18 heavy (non-hydrogen) atoms. The summed E-state index contributed by atoms with van der Waals surface area (Å²) in [5, 5.41) is 15.8. The van der Waals surface area contributed by atoms with Crippen LogP contribution in [0.4, 0.5) is 0 Å². The average Bonchev–Trinajstić information content (AvgIpc) is 2.19. The Balaban J connectivity index is 0.000000873. The zero-order valence-corrected chi connectivity index (χ0v) is 10.6. The van der Waals surface area contributed by atoms with Gasteiger partial charge < -0.3 is 14.4 Å². The smallest absolute Gasteiger partial charge is 0.339 e. The minimum Gasteiger partial charge on any atom is -0.483 e. The molecule has 0 saturated heterocycles. The molecule has 0 unspecified atom stereocenters. The highest BCUT2D eigenvalue weighted by atomic mass is 35.5. The molecular formula is C9H9ClO7S. The SMILES string of the molecule is CS(=O)(=O)Oc1ccc(Cl)cc1C(=O)O.O=CO. The normalized spacial score (nSPS) is 9.89. The van der Waals surface area contributed by atoms with Gasteiger partial charge in [0, 0.05) is 5.02 Å². The van der Waals surface area contributed by atoms with E-state index in [0.717, 1.165) is 12.3 Å². The van der Waals surface area contributed by atoms with Gasteiger partial charge in [-0.3, -0.25) is 4.79 Å². The van der Waals surface area contributed by atoms with E-state index in [1.165, 1.54) is 12.1 Å². The molecule has 0 aliphatic heterocycles. The quantitative estimate of drug-likeness (QED) is 0.632. The Labute approximate surface area is 108 Å². The molecule has 0 aliphatic rings. The largest absolute Gasteiger partial charge is 0.483 e. The number of carboxylic acids is 1. The van der Waals surface area contributed by atoms with Crippen molar-refractivity contribution in [1.29, 1.82) is 0 Å². The van der Waals surface area contributed by atoms with Crippen LogP contribution in [-0.2, 0) is 14.9 Å². The van der Waals surface area contributed by atoms with Crippen molar-refractivity contribution in [2.45, 2.75) is 0 Å². The summed E-state index contributed by atoms with van der Waals surface area (Å²) in [6.45, 7) is -0.250. The fourth-order valence-corrected chi connectivity index (χ4v) is 1.55. The van der Waals surface area contributed by atoms with Crippen molar-refractivity contribution in [3.05, 3.63) is 28.8 Å². The van der Waals surface area contributed by atoms with Crippen LogP contribution < -0.4 is 4.18 Å². The lowest BCUT2D eigenvalue weighted by molar-refractivity contribution is -0.122. The molecule has 0 aromatic heterocycles. The summed E-state index contributed by atoms with van der Waals surface area (Å²) >= 11 is 5.56. The number of rotatable bonds is 3. The molecule has 1 rings (SSSR count). The van der Waals surface area contributed by atoms with Crippen LogP contribution in [0.3, 0.4) is 0 Å². The minimum absolute atomic E-state index is 0.188. The molecule has 0 spiro atoms. The fraction of sp³-hybridized carbons (Fsp3) is 0.111. The first kappa shape index (κ1) is 16.2. The predicted octanol–water partition coefficient (Wildman–Crippen LogP) is 1.08. The fourth-order valence-electron chi connectivity index (χ4n) is 0.905. The van der Waals surface area contributed by atoms with Crippen molar-refractivity contribution in [1.82, 2.24) is 0 Å². The van der Waals surface area contributed by atoms with Crippen molar-refractivity contribution >= 4 is 34.2 Å². The van der Waals surface area contributed by atoms with Gasteiger partial charge in [0.15, 0.2) is 5.75 Å². The summed E-state index contributed by atoms with van der Waals surface area (Å²) in [6.07, 6.45) is 0.827. The molecule has 0 atom stereocenters. The van der Waals surface area contributed by atoms with E-state index in [1.54, 1.807) is 0 Å². The molecule has 1 aromatic carbocycles. The van der Waals surface area contributed by atoms with Crippen molar-refractivity contribution < 1.29 is 32.4 Å². The van der Waals surface area contributed by atoms with Crippen LogP contribution in [-0.4, -0.2) is 37.3 Å². The second kappa shape index (κ2) is 6.82. The minimum atomic E-state index is -3.75. The third-order valence-electron chi connectivity index (χ3n) is 1.41. The molecule has 0 heterocycles. The first-order valence-electron chi connectivity index (χ1n) is 4.21. The van der Waals surface area contributed by atoms with E-state index in [4.69, 9.17) is 26.6 Å². The van der Waals surface area contributed by atoms with Crippen LogP contribution in [0.1, 0.15) is 10.4 Å². The first-order chi connectivity index (χ1) is 8.21. The van der Waals surface area contributed by atoms with Gasteiger partial charge >= 0.3 is 16.1 Å². The molecule has 9 heteroatoms. The zero-order chi connectivity index (χ0) is 14.3. The number of carboxylic acid groups (broad SMARTS) is 2. The van der Waals surface area contributed by atoms with Gasteiger partial charge in [0.2, 0.25) is 0 Å². The third-order valence-corrected chi connectivity index (χ3v) is 2.13. The molecule has 0 radical (unpaired) electrons. The van der Waals surface area contributed by atoms with Gasteiger partial charge in [0.25, 0.3) is 6.47 Å². The lowest BCUT2D eigenvalue weighted by Gasteiger charge is -2.06. The lowest BCUT2D eigenvalue weighted by Crippen LogP contribution is -2.09. The highest BCUT2D eigenvalue weighted by molar-refractivity contribution is 7.86. The molecule has 0 saturated carbocycles. The number of hydrogen-bond donors (Lipinski definition) is 2. The van der Waals surface area contributed by atoms with Crippen LogP contribution >= 0.6 is 11.6 Å². The van der Waals surface area contributed by atoms with E-state index >= 15 is 0 Å². The van der Waals surface area contributed by atoms with Crippen molar-refractivity contribution in [3.63, 3.8) is 0 Å². The molecule has 0 amide bonds. The highest BCUT2D eigenvalue weighted by Gasteiger charge is 2.15. The molecule has 2 N–H and O–H groups in total. The van der Waals surface area contributed by atoms with E-state index in [1.807, 2.05) is 0 Å². The lowest BCUT2D eigenvalue weighted by atomic mass is 10.2. The van der Waals surface area contributed by atoms with E-state index in [9.17, 15) is 13.2 Å². The Morgan fingerprint density at radius 3 is 2.33 bits per heavy atom. The van der Waals surface area contributed by atoms with Crippen molar-refractivity contribution in [3.8, 4) is 5.75 Å². The van der Waals surface area contributed by atoms with Crippen LogP contribution in [0.25, 0.3) is 0 Å². The maximum Gasteiger partial charge on any atom is 0.339 e. The van der Waals surface area contributed by atoms with Gasteiger partial charge in [0.05, 0.1) is 6.26 Å². The standard InChI is InChI=1S/C8H7ClO5S.CH2O2/c1-15(12,13)14-7-3-2-5(9)4-6(7)8(10)11;2-1-3/h2-4H,1H3,(H,10,11);1H,(H,2,3). The van der Waals surface area contributed by atoms with Crippen LogP contribution in [0.5, 0.6) is 5.75 Å². The summed E-state index contributed by atoms with van der Waals surface area (Å²) in [6, 6.07) is 3.64. The van der Waals surface area contributed by atoms with Crippen LogP contribution in [0, 0.1) is 0 Å². The van der Waals surface area contributed by atoms with Gasteiger partial charge in [-0.15, -0.1) is 0 Å². The Bertz CT molecular complexity index is 538. The molecule has 0 fully saturated rings. The molecule has 7 nitrogen and oxygen atoms in total. The van der Waals surface area contributed by atoms with Gasteiger partial charge in [-0.2, -0.15) is 8.42 Å². The molecule has 0 aliphatic carbocycles. The maximum absolute atomic E-state index is 10.8. The monoisotopic (exact) mass is 296 g/mol. The number of carbonyl (C=O) groups is 2. The second-order valence-corrected chi connectivity index (χ2v) is 4.85. The molecule has 0 bridgehead atoms. The van der Waals surface area contributed by atoms with Crippen molar-refractivity contribution in [2.24, 2.45) is 0 Å². The summed E-state index contributed by atoms with van der Waals surface area (Å²) in [5.74, 6) is -1.56. The number of aromatic carboxylic acids is 1. The van der Waals surface area contributed by atoms with E-state index in [2.05, 4.69) is 4.18 Å². The van der Waals surface area contributed by atoms with Gasteiger partial charge in [0.1, 0.15) is 5.56 Å². The Morgan fingerprint density at radius 2 is 1.94 bits per heavy atom. The maximum atomic E-state index is 10.8. The third kappa shape index (κ3) is 6.06. The zero-order valence-electron chi connectivity index (χ0n) is 9.03. The predicted molar refractivity (Wildman–Crippen MR) is 62.6 cm³/mol. The van der Waals surface area contributed by atoms with Crippen LogP contribution in [0.15, 0.2) is 18.2 Å². The summed E-state index contributed by atoms with van der Waals surface area (Å²) in [5.41, 5.74) is -0.298. The summed E-state index contributed by atoms with van der Waals surface area (Å²) in [7, 11) is -3.75. The number of hydrogen-bond acceptors (Lipinski definition) is 5. The number of benzene rings is 1. The molecular weight excluding hydrogens is 288 g/mol. The molecule has 1 aromatic rings. The van der Waals surface area contributed by atoms with E-state index in [0.29, 0.717) is 0 Å². The average molecular weight is 297 g/mol.